The van der Waals surface area contributed by atoms with E-state index in [1.54, 1.807) is 6.20 Å². The molecule has 0 aliphatic rings. The molecule has 0 amide bonds. The Morgan fingerprint density at radius 3 is 2.82 bits per heavy atom. The lowest BCUT2D eigenvalue weighted by molar-refractivity contribution is 0.805. The van der Waals surface area contributed by atoms with Crippen LogP contribution in [0.5, 0.6) is 0 Å². The lowest BCUT2D eigenvalue weighted by Gasteiger charge is -2.07. The van der Waals surface area contributed by atoms with Crippen LogP contribution in [0.2, 0.25) is 0 Å². The minimum atomic E-state index is 0.683. The van der Waals surface area contributed by atoms with Gasteiger partial charge in [-0.2, -0.15) is 0 Å². The highest BCUT2D eigenvalue weighted by Gasteiger charge is 2.07. The van der Waals surface area contributed by atoms with Gasteiger partial charge in [0.2, 0.25) is 5.95 Å². The van der Waals surface area contributed by atoms with E-state index >= 15 is 0 Å². The molecule has 2 rings (SSSR count). The first-order valence-corrected chi connectivity index (χ1v) is 5.73. The Morgan fingerprint density at radius 1 is 1.35 bits per heavy atom. The van der Waals surface area contributed by atoms with Crippen LogP contribution in [0.4, 0.5) is 5.95 Å². The van der Waals surface area contributed by atoms with Crippen LogP contribution in [0.1, 0.15) is 24.0 Å². The van der Waals surface area contributed by atoms with Crippen molar-refractivity contribution in [2.24, 2.45) is 7.05 Å². The molecule has 0 aliphatic heterocycles. The molecule has 0 bridgehead atoms. The minimum absolute atomic E-state index is 0.683. The number of aryl methyl sites for hydroxylation is 2. The van der Waals surface area contributed by atoms with E-state index in [4.69, 9.17) is 0 Å². The van der Waals surface area contributed by atoms with Crippen molar-refractivity contribution < 1.29 is 0 Å². The van der Waals surface area contributed by atoms with E-state index in [0.29, 0.717) is 5.95 Å². The molecule has 5 nitrogen and oxygen atoms in total. The molecule has 0 saturated carbocycles. The van der Waals surface area contributed by atoms with E-state index < -0.39 is 0 Å². The number of anilines is 1. The average molecular weight is 231 g/mol. The quantitative estimate of drug-likeness (QED) is 0.867. The van der Waals surface area contributed by atoms with Crippen LogP contribution in [-0.2, 0) is 13.5 Å². The minimum Gasteiger partial charge on any atom is -0.354 e. The first kappa shape index (κ1) is 11.6. The standard InChI is InChI=1S/C12H17N5/c1-4-13-12-15-8-9(2)10(16-12)7-11-14-5-6-17(11)3/h5-6,8H,4,7H2,1-3H3,(H,13,15,16). The predicted molar refractivity (Wildman–Crippen MR) is 66.9 cm³/mol. The molecule has 0 unspecified atom stereocenters. The molecule has 5 heteroatoms. The van der Waals surface area contributed by atoms with Crippen molar-refractivity contribution in [3.05, 3.63) is 35.7 Å². The molecular formula is C12H17N5. The van der Waals surface area contributed by atoms with Crippen molar-refractivity contribution in [2.75, 3.05) is 11.9 Å². The number of imidazole rings is 1. The van der Waals surface area contributed by atoms with Crippen molar-refractivity contribution in [1.29, 1.82) is 0 Å². The van der Waals surface area contributed by atoms with Gasteiger partial charge in [0.15, 0.2) is 0 Å². The summed E-state index contributed by atoms with van der Waals surface area (Å²) >= 11 is 0. The Morgan fingerprint density at radius 2 is 2.18 bits per heavy atom. The maximum Gasteiger partial charge on any atom is 0.222 e. The van der Waals surface area contributed by atoms with Crippen molar-refractivity contribution in [1.82, 2.24) is 19.5 Å². The molecule has 2 heterocycles. The maximum atomic E-state index is 4.50. The monoisotopic (exact) mass is 231 g/mol. The molecule has 0 aromatic carbocycles. The second-order valence-electron chi connectivity index (χ2n) is 3.98. The van der Waals surface area contributed by atoms with Gasteiger partial charge in [-0.15, -0.1) is 0 Å². The van der Waals surface area contributed by atoms with Gasteiger partial charge in [-0.1, -0.05) is 0 Å². The second kappa shape index (κ2) is 4.95. The van der Waals surface area contributed by atoms with Crippen molar-refractivity contribution in [3.63, 3.8) is 0 Å². The third-order valence-electron chi connectivity index (χ3n) is 2.66. The molecular weight excluding hydrogens is 214 g/mol. The van der Waals surface area contributed by atoms with Gasteiger partial charge in [0.25, 0.3) is 0 Å². The molecule has 90 valence electrons. The van der Waals surface area contributed by atoms with Crippen LogP contribution in [0.15, 0.2) is 18.6 Å². The Balaban J connectivity index is 2.25. The third-order valence-corrected chi connectivity index (χ3v) is 2.66. The summed E-state index contributed by atoms with van der Waals surface area (Å²) in [5.41, 5.74) is 2.11. The van der Waals surface area contributed by atoms with E-state index in [-0.39, 0.29) is 0 Å². The fraction of sp³-hybridized carbons (Fsp3) is 0.417. The normalized spacial score (nSPS) is 10.5. The molecule has 17 heavy (non-hydrogen) atoms. The number of aromatic nitrogens is 4. The zero-order valence-electron chi connectivity index (χ0n) is 10.4. The molecule has 0 radical (unpaired) electrons. The Kier molecular flexibility index (Phi) is 3.37. The molecule has 0 atom stereocenters. The zero-order chi connectivity index (χ0) is 12.3. The summed E-state index contributed by atoms with van der Waals surface area (Å²) in [5, 5.41) is 3.12. The number of rotatable bonds is 4. The fourth-order valence-corrected chi connectivity index (χ4v) is 1.62. The zero-order valence-corrected chi connectivity index (χ0v) is 10.4. The van der Waals surface area contributed by atoms with Crippen LogP contribution in [0.3, 0.4) is 0 Å². The summed E-state index contributed by atoms with van der Waals surface area (Å²) in [7, 11) is 1.99. The van der Waals surface area contributed by atoms with Gasteiger partial charge in [-0.3, -0.25) is 0 Å². The molecule has 0 saturated heterocycles. The predicted octanol–water partition coefficient (Wildman–Crippen LogP) is 1.54. The second-order valence-corrected chi connectivity index (χ2v) is 3.98. The summed E-state index contributed by atoms with van der Waals surface area (Å²) in [5.74, 6) is 1.69. The first-order valence-electron chi connectivity index (χ1n) is 5.73. The number of hydrogen-bond donors (Lipinski definition) is 1. The summed E-state index contributed by atoms with van der Waals surface area (Å²) in [4.78, 5) is 13.0. The van der Waals surface area contributed by atoms with Crippen LogP contribution < -0.4 is 5.32 Å². The highest BCUT2D eigenvalue weighted by molar-refractivity contribution is 5.30. The van der Waals surface area contributed by atoms with Gasteiger partial charge in [-0.05, 0) is 19.4 Å². The van der Waals surface area contributed by atoms with Crippen molar-refractivity contribution in [2.45, 2.75) is 20.3 Å². The highest BCUT2D eigenvalue weighted by Crippen LogP contribution is 2.11. The summed E-state index contributed by atoms with van der Waals surface area (Å²) in [6.45, 7) is 4.88. The van der Waals surface area contributed by atoms with E-state index in [1.165, 1.54) is 0 Å². The lowest BCUT2D eigenvalue weighted by atomic mass is 10.2. The van der Waals surface area contributed by atoms with Crippen LogP contribution in [0.25, 0.3) is 0 Å². The van der Waals surface area contributed by atoms with Gasteiger partial charge >= 0.3 is 0 Å². The van der Waals surface area contributed by atoms with E-state index in [0.717, 1.165) is 30.0 Å². The Labute approximate surface area is 101 Å². The van der Waals surface area contributed by atoms with Crippen LogP contribution >= 0.6 is 0 Å². The van der Waals surface area contributed by atoms with Gasteiger partial charge in [0, 0.05) is 38.6 Å². The summed E-state index contributed by atoms with van der Waals surface area (Å²) < 4.78 is 2.01. The lowest BCUT2D eigenvalue weighted by Crippen LogP contribution is -2.07. The molecule has 0 fully saturated rings. The Hall–Kier alpha value is -1.91. The Bertz CT molecular complexity index is 503. The molecule has 0 aliphatic carbocycles. The largest absolute Gasteiger partial charge is 0.354 e. The smallest absolute Gasteiger partial charge is 0.222 e. The van der Waals surface area contributed by atoms with Gasteiger partial charge in [0.1, 0.15) is 5.82 Å². The molecule has 2 aromatic rings. The van der Waals surface area contributed by atoms with Crippen molar-refractivity contribution >= 4 is 5.95 Å². The van der Waals surface area contributed by atoms with Gasteiger partial charge in [0.05, 0.1) is 5.69 Å². The van der Waals surface area contributed by atoms with E-state index in [9.17, 15) is 0 Å². The highest BCUT2D eigenvalue weighted by atomic mass is 15.1. The maximum absolute atomic E-state index is 4.50. The topological polar surface area (TPSA) is 55.6 Å². The van der Waals surface area contributed by atoms with Gasteiger partial charge in [-0.25, -0.2) is 15.0 Å². The van der Waals surface area contributed by atoms with Gasteiger partial charge < -0.3 is 9.88 Å². The number of nitrogens with one attached hydrogen (secondary N) is 1. The van der Waals surface area contributed by atoms with E-state index in [2.05, 4.69) is 20.3 Å². The van der Waals surface area contributed by atoms with E-state index in [1.807, 2.05) is 37.9 Å². The number of nitrogens with zero attached hydrogens (tertiary/aromatic N) is 4. The van der Waals surface area contributed by atoms with Crippen LogP contribution in [-0.4, -0.2) is 26.1 Å². The SMILES string of the molecule is CCNc1ncc(C)c(Cc2nccn2C)n1. The molecule has 2 aromatic heterocycles. The first-order chi connectivity index (χ1) is 8.20. The third kappa shape index (κ3) is 2.61. The number of hydrogen-bond acceptors (Lipinski definition) is 4. The van der Waals surface area contributed by atoms with Crippen LogP contribution in [0, 0.1) is 6.92 Å². The summed E-state index contributed by atoms with van der Waals surface area (Å²) in [6.07, 6.45) is 6.33. The molecule has 0 spiro atoms. The summed E-state index contributed by atoms with van der Waals surface area (Å²) in [6, 6.07) is 0. The van der Waals surface area contributed by atoms with Crippen molar-refractivity contribution in [3.8, 4) is 0 Å². The average Bonchev–Trinajstić information content (AvgIpc) is 2.70. The molecule has 1 N–H and O–H groups in total. The fourth-order valence-electron chi connectivity index (χ4n) is 1.62.